The lowest BCUT2D eigenvalue weighted by atomic mass is 9.74. The Labute approximate surface area is 217 Å². The highest BCUT2D eigenvalue weighted by molar-refractivity contribution is 6.31. The SMILES string of the molecule is Cc1noc(C2(Cc3ccc(F)c(NC4CC(C)NN4)n3)CCN(C(=O)c3cccc(Cl)c3F)CC2)n1. The van der Waals surface area contributed by atoms with Crippen LogP contribution in [0.3, 0.4) is 0 Å². The summed E-state index contributed by atoms with van der Waals surface area (Å²) in [6.45, 7) is 4.45. The molecule has 2 aliphatic rings. The van der Waals surface area contributed by atoms with Gasteiger partial charge in [-0.1, -0.05) is 22.8 Å². The Morgan fingerprint density at radius 1 is 1.22 bits per heavy atom. The highest BCUT2D eigenvalue weighted by Gasteiger charge is 2.43. The number of nitrogens with one attached hydrogen (secondary N) is 3. The number of likely N-dealkylation sites (tertiary alicyclic amines) is 1. The molecule has 0 aliphatic carbocycles. The Morgan fingerprint density at radius 2 is 2.00 bits per heavy atom. The van der Waals surface area contributed by atoms with Crippen molar-refractivity contribution in [3.8, 4) is 0 Å². The van der Waals surface area contributed by atoms with Crippen molar-refractivity contribution in [2.75, 3.05) is 18.4 Å². The number of pyridine rings is 1. The van der Waals surface area contributed by atoms with Gasteiger partial charge in [0.15, 0.2) is 23.3 Å². The van der Waals surface area contributed by atoms with E-state index in [0.717, 1.165) is 6.42 Å². The summed E-state index contributed by atoms with van der Waals surface area (Å²) in [7, 11) is 0. The van der Waals surface area contributed by atoms with Gasteiger partial charge < -0.3 is 14.7 Å². The van der Waals surface area contributed by atoms with Crippen LogP contribution in [0.25, 0.3) is 0 Å². The second-order valence-corrected chi connectivity index (χ2v) is 10.2. The fourth-order valence-corrected chi connectivity index (χ4v) is 5.13. The molecule has 0 bridgehead atoms. The number of amides is 1. The number of carbonyl (C=O) groups excluding carboxylic acids is 1. The van der Waals surface area contributed by atoms with Crippen LogP contribution in [0, 0.1) is 18.6 Å². The molecule has 2 aromatic heterocycles. The molecule has 0 saturated carbocycles. The van der Waals surface area contributed by atoms with Crippen molar-refractivity contribution in [3.05, 3.63) is 70.0 Å². The Bertz CT molecular complexity index is 1300. The summed E-state index contributed by atoms with van der Waals surface area (Å²) >= 11 is 5.88. The third-order valence-electron chi connectivity index (χ3n) is 7.00. The maximum atomic E-state index is 14.6. The van der Waals surface area contributed by atoms with Gasteiger partial charge in [-0.3, -0.25) is 10.2 Å². The van der Waals surface area contributed by atoms with Crippen LogP contribution in [0.2, 0.25) is 5.02 Å². The van der Waals surface area contributed by atoms with E-state index in [-0.39, 0.29) is 28.6 Å². The summed E-state index contributed by atoms with van der Waals surface area (Å²) in [4.78, 5) is 23.7. The van der Waals surface area contributed by atoms with Gasteiger partial charge in [-0.05, 0) is 57.4 Å². The summed E-state index contributed by atoms with van der Waals surface area (Å²) in [5.74, 6) is -0.494. The summed E-state index contributed by atoms with van der Waals surface area (Å²) in [6, 6.07) is 7.68. The van der Waals surface area contributed by atoms with Crippen molar-refractivity contribution in [2.45, 2.75) is 57.2 Å². The number of carbonyl (C=O) groups is 1. The number of hydrogen-bond donors (Lipinski definition) is 3. The van der Waals surface area contributed by atoms with Gasteiger partial charge in [-0.2, -0.15) is 4.98 Å². The quantitative estimate of drug-likeness (QED) is 0.441. The highest BCUT2D eigenvalue weighted by Crippen LogP contribution is 2.38. The van der Waals surface area contributed by atoms with E-state index in [9.17, 15) is 13.6 Å². The Hall–Kier alpha value is -3.15. The normalized spacial score (nSPS) is 21.3. The lowest BCUT2D eigenvalue weighted by Crippen LogP contribution is -2.46. The lowest BCUT2D eigenvalue weighted by molar-refractivity contribution is 0.0631. The second-order valence-electron chi connectivity index (χ2n) is 9.75. The predicted octanol–water partition coefficient (Wildman–Crippen LogP) is 3.75. The smallest absolute Gasteiger partial charge is 0.256 e. The van der Waals surface area contributed by atoms with Gasteiger partial charge in [0.05, 0.1) is 22.2 Å². The molecule has 4 heterocycles. The fourth-order valence-electron chi connectivity index (χ4n) is 4.96. The van der Waals surface area contributed by atoms with Crippen molar-refractivity contribution in [1.82, 2.24) is 30.9 Å². The largest absolute Gasteiger partial charge is 0.351 e. The van der Waals surface area contributed by atoms with Crippen molar-refractivity contribution in [2.24, 2.45) is 0 Å². The molecule has 1 aromatic carbocycles. The molecule has 3 N–H and O–H groups in total. The van der Waals surface area contributed by atoms with Crippen LogP contribution < -0.4 is 16.2 Å². The van der Waals surface area contributed by atoms with E-state index in [1.165, 1.54) is 18.2 Å². The van der Waals surface area contributed by atoms with Gasteiger partial charge in [0.1, 0.15) is 0 Å². The molecule has 2 unspecified atom stereocenters. The van der Waals surface area contributed by atoms with Crippen LogP contribution in [-0.2, 0) is 11.8 Å². The molecule has 2 fully saturated rings. The minimum atomic E-state index is -0.726. The Balaban J connectivity index is 1.37. The molecule has 9 nitrogen and oxygen atoms in total. The third kappa shape index (κ3) is 5.29. The van der Waals surface area contributed by atoms with E-state index >= 15 is 0 Å². The van der Waals surface area contributed by atoms with Crippen LogP contribution in [0.15, 0.2) is 34.9 Å². The zero-order valence-corrected chi connectivity index (χ0v) is 21.3. The molecule has 5 rings (SSSR count). The number of piperidine rings is 1. The van der Waals surface area contributed by atoms with Gasteiger partial charge in [0.2, 0.25) is 5.89 Å². The zero-order chi connectivity index (χ0) is 26.2. The van der Waals surface area contributed by atoms with Crippen molar-refractivity contribution >= 4 is 23.3 Å². The molecular formula is C25H28ClF2N7O2. The van der Waals surface area contributed by atoms with Crippen LogP contribution >= 0.6 is 11.6 Å². The van der Waals surface area contributed by atoms with Gasteiger partial charge in [-0.25, -0.2) is 19.2 Å². The predicted molar refractivity (Wildman–Crippen MR) is 133 cm³/mol. The van der Waals surface area contributed by atoms with Crippen LogP contribution in [0.4, 0.5) is 14.6 Å². The number of hydrogen-bond acceptors (Lipinski definition) is 8. The molecular weight excluding hydrogens is 504 g/mol. The first-order valence-electron chi connectivity index (χ1n) is 12.2. The van der Waals surface area contributed by atoms with Crippen LogP contribution in [0.1, 0.15) is 54.0 Å². The summed E-state index contributed by atoms with van der Waals surface area (Å²) < 4.78 is 34.7. The molecule has 0 radical (unpaired) electrons. The maximum absolute atomic E-state index is 14.6. The van der Waals surface area contributed by atoms with Gasteiger partial charge in [0, 0.05) is 31.2 Å². The van der Waals surface area contributed by atoms with E-state index in [0.29, 0.717) is 49.8 Å². The first-order valence-corrected chi connectivity index (χ1v) is 12.6. The standard InChI is InChI=1S/C25H28ClF2N7O2/c1-14-12-20(33-32-14)31-22-19(27)7-6-16(30-22)13-25(24-29-15(2)34-37-24)8-10-35(11-9-25)23(36)17-4-3-5-18(26)21(17)28/h3-7,14,20,32-33H,8-13H2,1-2H3,(H,30,31). The number of aromatic nitrogens is 3. The molecule has 2 saturated heterocycles. The minimum Gasteiger partial charge on any atom is -0.351 e. The number of halogens is 3. The Kier molecular flexibility index (Phi) is 7.11. The monoisotopic (exact) mass is 531 g/mol. The summed E-state index contributed by atoms with van der Waals surface area (Å²) in [6.07, 6.45) is 1.99. The average molecular weight is 532 g/mol. The molecule has 196 valence electrons. The topological polar surface area (TPSA) is 108 Å². The molecule has 12 heteroatoms. The van der Waals surface area contributed by atoms with E-state index < -0.39 is 23.0 Å². The molecule has 2 aliphatic heterocycles. The number of rotatable bonds is 6. The van der Waals surface area contributed by atoms with Crippen molar-refractivity contribution < 1.29 is 18.1 Å². The number of hydrazine groups is 1. The van der Waals surface area contributed by atoms with Crippen molar-refractivity contribution in [1.29, 1.82) is 0 Å². The number of benzene rings is 1. The lowest BCUT2D eigenvalue weighted by Gasteiger charge is -2.39. The van der Waals surface area contributed by atoms with E-state index in [1.807, 2.05) is 6.92 Å². The number of nitrogens with zero attached hydrogens (tertiary/aromatic N) is 4. The zero-order valence-electron chi connectivity index (χ0n) is 20.5. The minimum absolute atomic E-state index is 0.0612. The van der Waals surface area contributed by atoms with Gasteiger partial charge in [-0.15, -0.1) is 0 Å². The van der Waals surface area contributed by atoms with E-state index in [1.54, 1.807) is 24.0 Å². The average Bonchev–Trinajstić information content (AvgIpc) is 3.51. The first-order chi connectivity index (χ1) is 17.7. The van der Waals surface area contributed by atoms with Gasteiger partial charge >= 0.3 is 0 Å². The molecule has 37 heavy (non-hydrogen) atoms. The third-order valence-corrected chi connectivity index (χ3v) is 7.29. The van der Waals surface area contributed by atoms with E-state index in [2.05, 4.69) is 31.3 Å². The highest BCUT2D eigenvalue weighted by atomic mass is 35.5. The van der Waals surface area contributed by atoms with Crippen molar-refractivity contribution in [3.63, 3.8) is 0 Å². The molecule has 1 amide bonds. The second kappa shape index (κ2) is 10.3. The van der Waals surface area contributed by atoms with E-state index in [4.69, 9.17) is 16.1 Å². The maximum Gasteiger partial charge on any atom is 0.256 e. The Morgan fingerprint density at radius 3 is 2.68 bits per heavy atom. The molecule has 3 aromatic rings. The first kappa shape index (κ1) is 25.5. The summed E-state index contributed by atoms with van der Waals surface area (Å²) in [5.41, 5.74) is 6.15. The summed E-state index contributed by atoms with van der Waals surface area (Å²) in [5, 5.41) is 6.99. The van der Waals surface area contributed by atoms with Gasteiger partial charge in [0.25, 0.3) is 5.91 Å². The fraction of sp³-hybridized carbons (Fsp3) is 0.440. The number of anilines is 1. The molecule has 2 atom stereocenters. The van der Waals surface area contributed by atoms with Crippen LogP contribution in [-0.4, -0.2) is 51.2 Å². The van der Waals surface area contributed by atoms with Crippen LogP contribution in [0.5, 0.6) is 0 Å². The molecule has 0 spiro atoms. The number of aryl methyl sites for hydroxylation is 1.